The second-order valence-electron chi connectivity index (χ2n) is 5.08. The lowest BCUT2D eigenvalue weighted by atomic mass is 10.2. The zero-order valence-corrected chi connectivity index (χ0v) is 14.1. The molecule has 24 heavy (non-hydrogen) atoms. The van der Waals surface area contributed by atoms with E-state index in [0.717, 1.165) is 26.5 Å². The lowest BCUT2D eigenvalue weighted by molar-refractivity contribution is 0.0474. The van der Waals surface area contributed by atoms with Gasteiger partial charge >= 0.3 is 5.97 Å². The molecule has 4 aromatic rings. The number of benzene rings is 1. The summed E-state index contributed by atoms with van der Waals surface area (Å²) < 4.78 is 6.47. The van der Waals surface area contributed by atoms with E-state index in [0.29, 0.717) is 4.88 Å². The summed E-state index contributed by atoms with van der Waals surface area (Å²) in [6, 6.07) is 15.5. The number of nitrogens with zero attached hydrogens (tertiary/aromatic N) is 2. The Bertz CT molecular complexity index is 959. The summed E-state index contributed by atoms with van der Waals surface area (Å²) in [6.45, 7) is 0.163. The predicted octanol–water partition coefficient (Wildman–Crippen LogP) is 4.78. The van der Waals surface area contributed by atoms with Crippen molar-refractivity contribution in [1.82, 2.24) is 9.97 Å². The average Bonchev–Trinajstić information content (AvgIpc) is 3.27. The number of fused-ring (bicyclic) bond motifs is 1. The van der Waals surface area contributed by atoms with E-state index >= 15 is 0 Å². The van der Waals surface area contributed by atoms with Gasteiger partial charge in [0.1, 0.15) is 16.5 Å². The molecule has 0 saturated carbocycles. The number of hydrogen-bond acceptors (Lipinski definition) is 6. The van der Waals surface area contributed by atoms with E-state index in [4.69, 9.17) is 4.74 Å². The summed E-state index contributed by atoms with van der Waals surface area (Å²) in [5.74, 6) is -0.316. The smallest absolute Gasteiger partial charge is 0.348 e. The van der Waals surface area contributed by atoms with Gasteiger partial charge in [0.05, 0.1) is 11.4 Å². The number of hydrogen-bond donors (Lipinski definition) is 0. The molecule has 0 atom stereocenters. The maximum absolute atomic E-state index is 12.2. The molecule has 0 N–H and O–H groups in total. The molecule has 118 valence electrons. The molecule has 0 spiro atoms. The first kappa shape index (κ1) is 15.0. The van der Waals surface area contributed by atoms with Gasteiger partial charge in [0.15, 0.2) is 0 Å². The van der Waals surface area contributed by atoms with Crippen molar-refractivity contribution in [3.05, 3.63) is 70.7 Å². The first-order valence-electron chi connectivity index (χ1n) is 7.31. The third kappa shape index (κ3) is 3.06. The number of esters is 1. The molecule has 0 aliphatic carbocycles. The van der Waals surface area contributed by atoms with E-state index in [1.54, 1.807) is 6.20 Å². The topological polar surface area (TPSA) is 52.1 Å². The standard InChI is InChI=1S/C18H12N2O2S2/c21-18(16-9-12-5-1-2-7-15(12)24-16)22-10-13-11-23-17(20-13)14-6-3-4-8-19-14/h1-9,11H,10H2. The van der Waals surface area contributed by atoms with Crippen LogP contribution >= 0.6 is 22.7 Å². The Balaban J connectivity index is 1.45. The van der Waals surface area contributed by atoms with Crippen LogP contribution in [0.2, 0.25) is 0 Å². The van der Waals surface area contributed by atoms with Gasteiger partial charge in [0.2, 0.25) is 0 Å². The van der Waals surface area contributed by atoms with Gasteiger partial charge in [-0.2, -0.15) is 0 Å². The SMILES string of the molecule is O=C(OCc1csc(-c2ccccn2)n1)c1cc2ccccc2s1. The summed E-state index contributed by atoms with van der Waals surface area (Å²) >= 11 is 2.93. The Morgan fingerprint density at radius 3 is 2.83 bits per heavy atom. The number of thiophene rings is 1. The van der Waals surface area contributed by atoms with Crippen LogP contribution in [0.25, 0.3) is 20.8 Å². The first-order valence-corrected chi connectivity index (χ1v) is 9.01. The maximum atomic E-state index is 12.2. The van der Waals surface area contributed by atoms with Crippen LogP contribution in [-0.4, -0.2) is 15.9 Å². The minimum Gasteiger partial charge on any atom is -0.455 e. The highest BCUT2D eigenvalue weighted by Crippen LogP contribution is 2.26. The van der Waals surface area contributed by atoms with Gasteiger partial charge in [0, 0.05) is 16.3 Å². The van der Waals surface area contributed by atoms with Crippen LogP contribution in [0.5, 0.6) is 0 Å². The van der Waals surface area contributed by atoms with Crippen LogP contribution in [-0.2, 0) is 11.3 Å². The Morgan fingerprint density at radius 2 is 2.00 bits per heavy atom. The predicted molar refractivity (Wildman–Crippen MR) is 96.3 cm³/mol. The Kier molecular flexibility index (Phi) is 4.06. The van der Waals surface area contributed by atoms with Crippen molar-refractivity contribution in [2.24, 2.45) is 0 Å². The lowest BCUT2D eigenvalue weighted by Gasteiger charge is -2.00. The lowest BCUT2D eigenvalue weighted by Crippen LogP contribution is -2.03. The van der Waals surface area contributed by atoms with Crippen molar-refractivity contribution in [2.75, 3.05) is 0 Å². The van der Waals surface area contributed by atoms with Gasteiger partial charge in [-0.15, -0.1) is 22.7 Å². The molecule has 6 heteroatoms. The van der Waals surface area contributed by atoms with Crippen molar-refractivity contribution < 1.29 is 9.53 Å². The van der Waals surface area contributed by atoms with Gasteiger partial charge in [-0.1, -0.05) is 24.3 Å². The van der Waals surface area contributed by atoms with Crippen LogP contribution in [0.1, 0.15) is 15.4 Å². The molecule has 4 nitrogen and oxygen atoms in total. The van der Waals surface area contributed by atoms with Crippen molar-refractivity contribution in [3.8, 4) is 10.7 Å². The molecule has 0 unspecified atom stereocenters. The Labute approximate surface area is 146 Å². The molecule has 0 saturated heterocycles. The average molecular weight is 352 g/mol. The van der Waals surface area contributed by atoms with Gasteiger partial charge in [-0.25, -0.2) is 9.78 Å². The van der Waals surface area contributed by atoms with E-state index in [1.165, 1.54) is 22.7 Å². The quantitative estimate of drug-likeness (QED) is 0.496. The van der Waals surface area contributed by atoms with Gasteiger partial charge < -0.3 is 4.74 Å². The van der Waals surface area contributed by atoms with Crippen LogP contribution in [0.3, 0.4) is 0 Å². The van der Waals surface area contributed by atoms with Crippen molar-refractivity contribution in [1.29, 1.82) is 0 Å². The van der Waals surface area contributed by atoms with Gasteiger partial charge in [-0.3, -0.25) is 4.98 Å². The second-order valence-corrected chi connectivity index (χ2v) is 7.03. The molecule has 0 bridgehead atoms. The minimum absolute atomic E-state index is 0.163. The molecular formula is C18H12N2O2S2. The largest absolute Gasteiger partial charge is 0.455 e. The number of carbonyl (C=O) groups is 1. The van der Waals surface area contributed by atoms with E-state index < -0.39 is 0 Å². The van der Waals surface area contributed by atoms with Crippen LogP contribution in [0.4, 0.5) is 0 Å². The van der Waals surface area contributed by atoms with Crippen molar-refractivity contribution in [3.63, 3.8) is 0 Å². The summed E-state index contributed by atoms with van der Waals surface area (Å²) in [6.07, 6.45) is 1.73. The second kappa shape index (κ2) is 6.51. The Hall–Kier alpha value is -2.57. The number of pyridine rings is 1. The van der Waals surface area contributed by atoms with Crippen LogP contribution < -0.4 is 0 Å². The van der Waals surface area contributed by atoms with E-state index in [1.807, 2.05) is 53.9 Å². The molecule has 0 aliphatic rings. The molecular weight excluding hydrogens is 340 g/mol. The highest BCUT2D eigenvalue weighted by molar-refractivity contribution is 7.20. The highest BCUT2D eigenvalue weighted by Gasteiger charge is 2.13. The molecule has 0 amide bonds. The zero-order chi connectivity index (χ0) is 16.4. The molecule has 4 rings (SSSR count). The number of thiazole rings is 1. The minimum atomic E-state index is -0.316. The van der Waals surface area contributed by atoms with Gasteiger partial charge in [-0.05, 0) is 29.7 Å². The molecule has 3 heterocycles. The number of aromatic nitrogens is 2. The summed E-state index contributed by atoms with van der Waals surface area (Å²) in [7, 11) is 0. The van der Waals surface area contributed by atoms with E-state index in [9.17, 15) is 4.79 Å². The fraction of sp³-hybridized carbons (Fsp3) is 0.0556. The zero-order valence-electron chi connectivity index (χ0n) is 12.5. The van der Waals surface area contributed by atoms with E-state index in [2.05, 4.69) is 9.97 Å². The third-order valence-electron chi connectivity index (χ3n) is 3.41. The van der Waals surface area contributed by atoms with Crippen molar-refractivity contribution in [2.45, 2.75) is 6.61 Å². The fourth-order valence-electron chi connectivity index (χ4n) is 2.27. The number of ether oxygens (including phenoxy) is 1. The summed E-state index contributed by atoms with van der Waals surface area (Å²) in [4.78, 5) is 21.6. The summed E-state index contributed by atoms with van der Waals surface area (Å²) in [5.41, 5.74) is 1.56. The number of carbonyl (C=O) groups excluding carboxylic acids is 1. The monoisotopic (exact) mass is 352 g/mol. The normalized spacial score (nSPS) is 10.8. The molecule has 0 aliphatic heterocycles. The number of rotatable bonds is 4. The maximum Gasteiger partial charge on any atom is 0.348 e. The van der Waals surface area contributed by atoms with Gasteiger partial charge in [0.25, 0.3) is 0 Å². The molecule has 1 aromatic carbocycles. The highest BCUT2D eigenvalue weighted by atomic mass is 32.1. The van der Waals surface area contributed by atoms with Crippen molar-refractivity contribution >= 4 is 38.7 Å². The van der Waals surface area contributed by atoms with Crippen LogP contribution in [0, 0.1) is 0 Å². The first-order chi connectivity index (χ1) is 11.8. The molecule has 0 radical (unpaired) electrons. The molecule has 0 fully saturated rings. The van der Waals surface area contributed by atoms with E-state index in [-0.39, 0.29) is 12.6 Å². The Morgan fingerprint density at radius 1 is 1.12 bits per heavy atom. The fourth-order valence-corrected chi connectivity index (χ4v) is 4.01. The molecule has 3 aromatic heterocycles. The van der Waals surface area contributed by atoms with Crippen LogP contribution in [0.15, 0.2) is 60.1 Å². The third-order valence-corrected chi connectivity index (χ3v) is 5.42. The summed E-state index contributed by atoms with van der Waals surface area (Å²) in [5, 5.41) is 3.77.